The van der Waals surface area contributed by atoms with E-state index in [0.29, 0.717) is 11.4 Å². The zero-order valence-corrected chi connectivity index (χ0v) is 11.8. The molecule has 0 aliphatic carbocycles. The molecule has 0 aromatic heterocycles. The number of halogens is 3. The number of rotatable bonds is 5. The van der Waals surface area contributed by atoms with Gasteiger partial charge < -0.3 is 5.32 Å². The van der Waals surface area contributed by atoms with Gasteiger partial charge in [-0.2, -0.15) is 0 Å². The molecule has 0 radical (unpaired) electrons. The van der Waals surface area contributed by atoms with Gasteiger partial charge in [0.15, 0.2) is 0 Å². The zero-order valence-electron chi connectivity index (χ0n) is 9.47. The van der Waals surface area contributed by atoms with Crippen LogP contribution in [0, 0.1) is 5.82 Å². The third-order valence-electron chi connectivity index (χ3n) is 2.47. The molecule has 94 valence electrons. The number of amides is 1. The van der Waals surface area contributed by atoms with Crippen molar-refractivity contribution in [1.82, 2.24) is 5.32 Å². The van der Waals surface area contributed by atoms with Gasteiger partial charge in [-0.25, -0.2) is 4.39 Å². The Balaban J connectivity index is 2.72. The van der Waals surface area contributed by atoms with E-state index in [4.69, 9.17) is 11.6 Å². The molecule has 0 bridgehead atoms. The molecule has 0 saturated carbocycles. The summed E-state index contributed by atoms with van der Waals surface area (Å²) in [4.78, 5) is 11.9. The molecule has 0 spiro atoms. The molecular weight excluding hydrogens is 308 g/mol. The Bertz CT molecular complexity index is 400. The molecule has 1 N–H and O–H groups in total. The Morgan fingerprint density at radius 3 is 2.82 bits per heavy atom. The van der Waals surface area contributed by atoms with E-state index in [9.17, 15) is 9.18 Å². The van der Waals surface area contributed by atoms with Crippen molar-refractivity contribution in [3.63, 3.8) is 0 Å². The molecule has 17 heavy (non-hydrogen) atoms. The van der Waals surface area contributed by atoms with Crippen LogP contribution in [0.4, 0.5) is 4.39 Å². The molecule has 1 atom stereocenters. The molecule has 0 heterocycles. The van der Waals surface area contributed by atoms with Crippen LogP contribution in [0.5, 0.6) is 0 Å². The van der Waals surface area contributed by atoms with Crippen molar-refractivity contribution in [2.45, 2.75) is 25.8 Å². The molecule has 0 aliphatic rings. The third kappa shape index (κ3) is 4.28. The fourth-order valence-electron chi connectivity index (χ4n) is 1.42. The number of nitrogens with one attached hydrogen (secondary N) is 1. The Hall–Kier alpha value is -0.610. The minimum atomic E-state index is -0.380. The second kappa shape index (κ2) is 6.97. The molecule has 5 heteroatoms. The molecule has 1 amide bonds. The van der Waals surface area contributed by atoms with Gasteiger partial charge in [0.05, 0.1) is 4.47 Å². The summed E-state index contributed by atoms with van der Waals surface area (Å²) in [5.41, 5.74) is 0.436. The van der Waals surface area contributed by atoms with E-state index < -0.39 is 0 Å². The number of benzene rings is 1. The number of hydrogen-bond donors (Lipinski definition) is 1. The number of hydrogen-bond acceptors (Lipinski definition) is 1. The Labute approximate surface area is 114 Å². The summed E-state index contributed by atoms with van der Waals surface area (Å²) in [6, 6.07) is 4.26. The van der Waals surface area contributed by atoms with Crippen LogP contribution in [0.15, 0.2) is 22.7 Å². The number of carbonyl (C=O) groups is 1. The molecule has 1 unspecified atom stereocenters. The minimum absolute atomic E-state index is 0.0591. The summed E-state index contributed by atoms with van der Waals surface area (Å²) in [6.45, 7) is 1.98. The molecular formula is C12H14BrClFNO. The first kappa shape index (κ1) is 14.5. The van der Waals surface area contributed by atoms with Gasteiger partial charge in [0, 0.05) is 17.5 Å². The van der Waals surface area contributed by atoms with Crippen LogP contribution in [0.1, 0.15) is 30.1 Å². The predicted octanol–water partition coefficient (Wildman–Crippen LogP) is 3.73. The van der Waals surface area contributed by atoms with E-state index in [1.165, 1.54) is 18.2 Å². The maximum absolute atomic E-state index is 13.0. The number of carbonyl (C=O) groups excluding carboxylic acids is 1. The fourth-order valence-corrected chi connectivity index (χ4v) is 2.06. The van der Waals surface area contributed by atoms with E-state index in [2.05, 4.69) is 21.2 Å². The van der Waals surface area contributed by atoms with Crippen molar-refractivity contribution < 1.29 is 9.18 Å². The maximum Gasteiger partial charge on any atom is 0.251 e. The van der Waals surface area contributed by atoms with Gasteiger partial charge in [0.2, 0.25) is 0 Å². The van der Waals surface area contributed by atoms with Crippen molar-refractivity contribution in [1.29, 1.82) is 0 Å². The molecule has 1 rings (SSSR count). The Kier molecular flexibility index (Phi) is 5.92. The lowest BCUT2D eigenvalue weighted by Gasteiger charge is -2.15. The van der Waals surface area contributed by atoms with Crippen LogP contribution in [-0.4, -0.2) is 17.8 Å². The average Bonchev–Trinajstić information content (AvgIpc) is 2.31. The molecule has 2 nitrogen and oxygen atoms in total. The van der Waals surface area contributed by atoms with Crippen LogP contribution in [0.3, 0.4) is 0 Å². The van der Waals surface area contributed by atoms with Gasteiger partial charge in [-0.15, -0.1) is 11.6 Å². The first-order valence-electron chi connectivity index (χ1n) is 5.40. The summed E-state index contributed by atoms with van der Waals surface area (Å²) in [6.07, 6.45) is 1.55. The van der Waals surface area contributed by atoms with Gasteiger partial charge >= 0.3 is 0 Å². The highest BCUT2D eigenvalue weighted by molar-refractivity contribution is 9.10. The van der Waals surface area contributed by atoms with Crippen molar-refractivity contribution in [3.8, 4) is 0 Å². The van der Waals surface area contributed by atoms with Crippen molar-refractivity contribution >= 4 is 33.4 Å². The molecule has 0 saturated heterocycles. The lowest BCUT2D eigenvalue weighted by molar-refractivity contribution is 0.0935. The average molecular weight is 323 g/mol. The first-order chi connectivity index (χ1) is 8.08. The van der Waals surface area contributed by atoms with E-state index in [1.54, 1.807) is 0 Å². The smallest absolute Gasteiger partial charge is 0.251 e. The zero-order chi connectivity index (χ0) is 12.8. The predicted molar refractivity (Wildman–Crippen MR) is 71.0 cm³/mol. The van der Waals surface area contributed by atoms with Crippen molar-refractivity contribution in [3.05, 3.63) is 34.1 Å². The molecule has 1 aromatic carbocycles. The van der Waals surface area contributed by atoms with E-state index >= 15 is 0 Å². The monoisotopic (exact) mass is 321 g/mol. The van der Waals surface area contributed by atoms with Crippen LogP contribution in [0.25, 0.3) is 0 Å². The van der Waals surface area contributed by atoms with Crippen molar-refractivity contribution in [2.24, 2.45) is 0 Å². The number of alkyl halides is 1. The van der Waals surface area contributed by atoms with Gasteiger partial charge in [-0.05, 0) is 47.0 Å². The van der Waals surface area contributed by atoms with Crippen LogP contribution < -0.4 is 5.32 Å². The van der Waals surface area contributed by atoms with Gasteiger partial charge in [-0.1, -0.05) is 6.92 Å². The fraction of sp³-hybridized carbons (Fsp3) is 0.417. The van der Waals surface area contributed by atoms with Gasteiger partial charge in [0.1, 0.15) is 5.82 Å². The van der Waals surface area contributed by atoms with Crippen molar-refractivity contribution in [2.75, 3.05) is 5.88 Å². The highest BCUT2D eigenvalue weighted by atomic mass is 79.9. The summed E-state index contributed by atoms with van der Waals surface area (Å²) in [5.74, 6) is -0.0802. The van der Waals surface area contributed by atoms with E-state index in [-0.39, 0.29) is 22.2 Å². The van der Waals surface area contributed by atoms with E-state index in [1.807, 2.05) is 6.92 Å². The van der Waals surface area contributed by atoms with Crippen LogP contribution in [0.2, 0.25) is 0 Å². The summed E-state index contributed by atoms with van der Waals surface area (Å²) in [5, 5.41) is 2.86. The summed E-state index contributed by atoms with van der Waals surface area (Å²) >= 11 is 8.69. The lowest BCUT2D eigenvalue weighted by Crippen LogP contribution is -2.34. The standard InChI is InChI=1S/C12H14BrClFNO/c1-2-9(5-6-14)16-12(17)8-3-4-11(15)10(13)7-8/h3-4,7,9H,2,5-6H2,1H3,(H,16,17). The highest BCUT2D eigenvalue weighted by Gasteiger charge is 2.12. The van der Waals surface area contributed by atoms with Crippen LogP contribution >= 0.6 is 27.5 Å². The van der Waals surface area contributed by atoms with Gasteiger partial charge in [-0.3, -0.25) is 4.79 Å². The quantitative estimate of drug-likeness (QED) is 0.822. The normalized spacial score (nSPS) is 12.2. The lowest BCUT2D eigenvalue weighted by atomic mass is 10.1. The second-order valence-corrected chi connectivity index (χ2v) is 4.92. The summed E-state index contributed by atoms with van der Waals surface area (Å²) < 4.78 is 13.3. The molecule has 1 aromatic rings. The van der Waals surface area contributed by atoms with Gasteiger partial charge in [0.25, 0.3) is 5.91 Å². The Morgan fingerprint density at radius 1 is 1.59 bits per heavy atom. The molecule has 0 fully saturated rings. The summed E-state index contributed by atoms with van der Waals surface area (Å²) in [7, 11) is 0. The Morgan fingerprint density at radius 2 is 2.29 bits per heavy atom. The second-order valence-electron chi connectivity index (χ2n) is 3.69. The maximum atomic E-state index is 13.0. The topological polar surface area (TPSA) is 29.1 Å². The largest absolute Gasteiger partial charge is 0.349 e. The van der Waals surface area contributed by atoms with Crippen LogP contribution in [-0.2, 0) is 0 Å². The van der Waals surface area contributed by atoms with E-state index in [0.717, 1.165) is 12.8 Å². The third-order valence-corrected chi connectivity index (χ3v) is 3.29. The minimum Gasteiger partial charge on any atom is -0.349 e. The SMILES string of the molecule is CCC(CCCl)NC(=O)c1ccc(F)c(Br)c1. The first-order valence-corrected chi connectivity index (χ1v) is 6.73. The molecule has 0 aliphatic heterocycles. The highest BCUT2D eigenvalue weighted by Crippen LogP contribution is 2.17.